The van der Waals surface area contributed by atoms with E-state index in [0.717, 1.165) is 5.75 Å². The third-order valence-corrected chi connectivity index (χ3v) is 3.22. The first kappa shape index (κ1) is 11.0. The molecule has 0 saturated heterocycles. The zero-order valence-electron chi connectivity index (χ0n) is 8.96. The maximum Gasteiger partial charge on any atom is 0.327 e. The highest BCUT2D eigenvalue weighted by atomic mass is 32.2. The van der Waals surface area contributed by atoms with Gasteiger partial charge in [0.25, 0.3) is 5.56 Å². The van der Waals surface area contributed by atoms with Crippen LogP contribution in [0.25, 0.3) is 11.2 Å². The maximum atomic E-state index is 11.4. The van der Waals surface area contributed by atoms with Crippen LogP contribution in [-0.2, 0) is 0 Å². The van der Waals surface area contributed by atoms with Crippen LogP contribution in [0.4, 0.5) is 0 Å². The van der Waals surface area contributed by atoms with Gasteiger partial charge >= 0.3 is 5.69 Å². The smallest absolute Gasteiger partial charge is 0.327 e. The Morgan fingerprint density at radius 3 is 2.69 bits per heavy atom. The van der Waals surface area contributed by atoms with Gasteiger partial charge in [-0.1, -0.05) is 25.6 Å². The molecule has 3 N–H and O–H groups in total. The molecule has 0 aliphatic heterocycles. The number of thioether (sulfide) groups is 1. The summed E-state index contributed by atoms with van der Waals surface area (Å²) in [6.07, 6.45) is 0. The molecule has 16 heavy (non-hydrogen) atoms. The summed E-state index contributed by atoms with van der Waals surface area (Å²) in [5, 5.41) is 0.649. The largest absolute Gasteiger partial charge is 0.327 e. The zero-order chi connectivity index (χ0) is 11.7. The summed E-state index contributed by atoms with van der Waals surface area (Å²) in [7, 11) is 0. The van der Waals surface area contributed by atoms with Crippen LogP contribution >= 0.6 is 11.8 Å². The van der Waals surface area contributed by atoms with Crippen molar-refractivity contribution in [1.29, 1.82) is 0 Å². The Morgan fingerprint density at radius 2 is 2.00 bits per heavy atom. The molecule has 2 aromatic rings. The molecule has 2 rings (SSSR count). The van der Waals surface area contributed by atoms with E-state index in [9.17, 15) is 9.59 Å². The fraction of sp³-hybridized carbons (Fsp3) is 0.444. The summed E-state index contributed by atoms with van der Waals surface area (Å²) in [4.78, 5) is 34.0. The monoisotopic (exact) mass is 240 g/mol. The van der Waals surface area contributed by atoms with E-state index in [1.807, 2.05) is 0 Å². The van der Waals surface area contributed by atoms with E-state index >= 15 is 0 Å². The van der Waals surface area contributed by atoms with Crippen molar-refractivity contribution in [3.05, 3.63) is 20.8 Å². The Kier molecular flexibility index (Phi) is 2.86. The third-order valence-electron chi connectivity index (χ3n) is 1.92. The molecule has 2 heterocycles. The van der Waals surface area contributed by atoms with E-state index in [1.54, 1.807) is 0 Å². The van der Waals surface area contributed by atoms with Gasteiger partial charge in [0, 0.05) is 5.75 Å². The summed E-state index contributed by atoms with van der Waals surface area (Å²) in [5.74, 6) is 1.44. The van der Waals surface area contributed by atoms with Crippen molar-refractivity contribution in [2.45, 2.75) is 19.0 Å². The molecule has 2 aromatic heterocycles. The quantitative estimate of drug-likeness (QED) is 0.688. The standard InChI is InChI=1S/C9H12N4O2S/c1-4(2)3-16-9-10-5-6(12-9)11-8(15)13-7(5)14/h4H,3H2,1-2H3,(H3,10,11,12,13,14,15). The molecule has 0 fully saturated rings. The van der Waals surface area contributed by atoms with E-state index in [1.165, 1.54) is 11.8 Å². The minimum absolute atomic E-state index is 0.306. The Bertz CT molecular complexity index is 610. The molecule has 0 amide bonds. The summed E-state index contributed by atoms with van der Waals surface area (Å²) in [5.41, 5.74) is -0.363. The Morgan fingerprint density at radius 1 is 1.25 bits per heavy atom. The van der Waals surface area contributed by atoms with Crippen LogP contribution in [0.3, 0.4) is 0 Å². The van der Waals surface area contributed by atoms with Gasteiger partial charge in [0.05, 0.1) is 0 Å². The number of rotatable bonds is 3. The number of fused-ring (bicyclic) bond motifs is 1. The first-order valence-corrected chi connectivity index (χ1v) is 5.90. The predicted octanol–water partition coefficient (Wildman–Crippen LogP) is 0.688. The first-order chi connectivity index (χ1) is 7.56. The van der Waals surface area contributed by atoms with Gasteiger partial charge < -0.3 is 4.98 Å². The highest BCUT2D eigenvalue weighted by molar-refractivity contribution is 7.99. The molecule has 0 atom stereocenters. The van der Waals surface area contributed by atoms with Gasteiger partial charge in [0.2, 0.25) is 0 Å². The molecule has 0 bridgehead atoms. The lowest BCUT2D eigenvalue weighted by molar-refractivity contribution is 0.748. The molecule has 0 aliphatic rings. The van der Waals surface area contributed by atoms with Crippen LogP contribution < -0.4 is 11.2 Å². The van der Waals surface area contributed by atoms with Gasteiger partial charge in [-0.15, -0.1) is 0 Å². The highest BCUT2D eigenvalue weighted by Crippen LogP contribution is 2.18. The summed E-state index contributed by atoms with van der Waals surface area (Å²) < 4.78 is 0. The van der Waals surface area contributed by atoms with Gasteiger partial charge in [0.1, 0.15) is 5.52 Å². The number of H-pyrrole nitrogens is 3. The zero-order valence-corrected chi connectivity index (χ0v) is 9.77. The van der Waals surface area contributed by atoms with E-state index in [4.69, 9.17) is 0 Å². The molecular formula is C9H12N4O2S. The Hall–Kier alpha value is -1.50. The van der Waals surface area contributed by atoms with Crippen molar-refractivity contribution < 1.29 is 0 Å². The van der Waals surface area contributed by atoms with Crippen LogP contribution in [0.2, 0.25) is 0 Å². The first-order valence-electron chi connectivity index (χ1n) is 4.91. The molecule has 6 nitrogen and oxygen atoms in total. The average Bonchev–Trinajstić information content (AvgIpc) is 2.57. The summed E-state index contributed by atoms with van der Waals surface area (Å²) in [6.45, 7) is 4.20. The molecule has 0 radical (unpaired) electrons. The van der Waals surface area contributed by atoms with Crippen molar-refractivity contribution in [2.24, 2.45) is 5.92 Å². The number of nitrogens with zero attached hydrogens (tertiary/aromatic N) is 1. The Labute approximate surface area is 94.9 Å². The summed E-state index contributed by atoms with van der Waals surface area (Å²) in [6, 6.07) is 0. The normalized spacial score (nSPS) is 11.4. The second kappa shape index (κ2) is 4.17. The minimum Gasteiger partial charge on any atom is -0.327 e. The van der Waals surface area contributed by atoms with Crippen molar-refractivity contribution >= 4 is 22.9 Å². The molecule has 7 heteroatoms. The molecule has 0 aliphatic carbocycles. The molecule has 0 aromatic carbocycles. The van der Waals surface area contributed by atoms with E-state index in [0.29, 0.717) is 22.2 Å². The van der Waals surface area contributed by atoms with Crippen LogP contribution in [0.15, 0.2) is 14.7 Å². The van der Waals surface area contributed by atoms with E-state index in [2.05, 4.69) is 33.8 Å². The van der Waals surface area contributed by atoms with E-state index in [-0.39, 0.29) is 0 Å². The van der Waals surface area contributed by atoms with Gasteiger partial charge in [-0.05, 0) is 5.92 Å². The molecule has 0 unspecified atom stereocenters. The lowest BCUT2D eigenvalue weighted by Crippen LogP contribution is -2.21. The fourth-order valence-corrected chi connectivity index (χ4v) is 2.05. The Balaban J connectivity index is 2.40. The molecular weight excluding hydrogens is 228 g/mol. The lowest BCUT2D eigenvalue weighted by Gasteiger charge is -1.99. The van der Waals surface area contributed by atoms with Gasteiger partial charge in [0.15, 0.2) is 10.8 Å². The van der Waals surface area contributed by atoms with Crippen LogP contribution in [-0.4, -0.2) is 25.7 Å². The van der Waals surface area contributed by atoms with E-state index < -0.39 is 11.2 Å². The summed E-state index contributed by atoms with van der Waals surface area (Å²) >= 11 is 1.53. The second-order valence-electron chi connectivity index (χ2n) is 3.88. The van der Waals surface area contributed by atoms with Gasteiger partial charge in [-0.25, -0.2) is 9.78 Å². The van der Waals surface area contributed by atoms with Gasteiger partial charge in [-0.3, -0.25) is 14.8 Å². The topological polar surface area (TPSA) is 94.4 Å². The van der Waals surface area contributed by atoms with Crippen molar-refractivity contribution in [3.63, 3.8) is 0 Å². The molecule has 0 saturated carbocycles. The van der Waals surface area contributed by atoms with Crippen molar-refractivity contribution in [1.82, 2.24) is 19.9 Å². The fourth-order valence-electron chi connectivity index (χ4n) is 1.22. The molecule has 86 valence electrons. The number of aromatic amines is 3. The second-order valence-corrected chi connectivity index (χ2v) is 4.89. The lowest BCUT2D eigenvalue weighted by atomic mass is 10.3. The molecule has 0 spiro atoms. The average molecular weight is 240 g/mol. The van der Waals surface area contributed by atoms with Gasteiger partial charge in [-0.2, -0.15) is 0 Å². The van der Waals surface area contributed by atoms with Crippen molar-refractivity contribution in [2.75, 3.05) is 5.75 Å². The highest BCUT2D eigenvalue weighted by Gasteiger charge is 2.08. The SMILES string of the molecule is CC(C)CSc1nc2[nH]c(=O)[nH]c(=O)c2[nH]1. The third kappa shape index (κ3) is 2.19. The number of imidazole rings is 1. The van der Waals surface area contributed by atoms with Crippen molar-refractivity contribution in [3.8, 4) is 0 Å². The van der Waals surface area contributed by atoms with Crippen LogP contribution in [0, 0.1) is 5.92 Å². The maximum absolute atomic E-state index is 11.4. The minimum atomic E-state index is -0.538. The van der Waals surface area contributed by atoms with Crippen LogP contribution in [0.5, 0.6) is 0 Å². The number of aromatic nitrogens is 4. The predicted molar refractivity (Wildman–Crippen MR) is 62.9 cm³/mol. The number of nitrogens with one attached hydrogen (secondary N) is 3. The number of hydrogen-bond donors (Lipinski definition) is 3. The number of hydrogen-bond acceptors (Lipinski definition) is 4. The van der Waals surface area contributed by atoms with Crippen LogP contribution in [0.1, 0.15) is 13.8 Å².